The van der Waals surface area contributed by atoms with Gasteiger partial charge >= 0.3 is 5.97 Å². The molecule has 0 bridgehead atoms. The van der Waals surface area contributed by atoms with Crippen LogP contribution in [0.1, 0.15) is 18.9 Å². The molecule has 2 atom stereocenters. The van der Waals surface area contributed by atoms with Gasteiger partial charge in [-0.3, -0.25) is 4.79 Å². The molecule has 1 aromatic rings. The predicted molar refractivity (Wildman–Crippen MR) is 63.5 cm³/mol. The molecule has 86 valence electrons. The zero-order valence-electron chi connectivity index (χ0n) is 8.87. The molecule has 1 fully saturated rings. The maximum Gasteiger partial charge on any atom is 0.309 e. The third kappa shape index (κ3) is 2.69. The van der Waals surface area contributed by atoms with Gasteiger partial charge in [0.05, 0.1) is 5.92 Å². The van der Waals surface area contributed by atoms with Gasteiger partial charge < -0.3 is 4.74 Å². The maximum absolute atomic E-state index is 11.5. The average molecular weight is 259 g/mol. The lowest BCUT2D eigenvalue weighted by Crippen LogP contribution is -2.07. The molecule has 2 rings (SSSR count). The zero-order valence-corrected chi connectivity index (χ0v) is 10.4. The van der Waals surface area contributed by atoms with Crippen LogP contribution in [-0.4, -0.2) is 5.97 Å². The van der Waals surface area contributed by atoms with Crippen LogP contribution in [0.25, 0.3) is 0 Å². The summed E-state index contributed by atoms with van der Waals surface area (Å²) in [6.45, 7) is 2.26. The van der Waals surface area contributed by atoms with E-state index in [1.54, 1.807) is 18.2 Å². The minimum atomic E-state index is -0.126. The number of carbonyl (C=O) groups is 1. The summed E-state index contributed by atoms with van der Waals surface area (Å²) in [4.78, 5) is 11.5. The van der Waals surface area contributed by atoms with Gasteiger partial charge in [0.25, 0.3) is 0 Å². The first-order chi connectivity index (χ1) is 7.58. The summed E-state index contributed by atoms with van der Waals surface area (Å²) in [5.74, 6) is 0.429. The van der Waals surface area contributed by atoms with Gasteiger partial charge in [-0.1, -0.05) is 36.2 Å². The topological polar surface area (TPSA) is 26.3 Å². The van der Waals surface area contributed by atoms with Gasteiger partial charge in [-0.05, 0) is 24.5 Å². The first-order valence-corrected chi connectivity index (χ1v) is 5.94. The first kappa shape index (κ1) is 11.7. The smallest absolute Gasteiger partial charge is 0.309 e. The molecular weight excluding hydrogens is 247 g/mol. The molecule has 0 aliphatic heterocycles. The Labute approximate surface area is 104 Å². The number of rotatable bonds is 3. The van der Waals surface area contributed by atoms with Gasteiger partial charge in [-0.15, -0.1) is 0 Å². The third-order valence-electron chi connectivity index (χ3n) is 2.80. The van der Waals surface area contributed by atoms with Crippen LogP contribution < -0.4 is 0 Å². The van der Waals surface area contributed by atoms with Crippen molar-refractivity contribution in [3.8, 4) is 0 Å². The largest absolute Gasteiger partial charge is 0.461 e. The molecule has 0 spiro atoms. The van der Waals surface area contributed by atoms with Crippen LogP contribution in [0.5, 0.6) is 0 Å². The van der Waals surface area contributed by atoms with E-state index in [4.69, 9.17) is 27.9 Å². The second-order valence-electron chi connectivity index (χ2n) is 4.16. The molecule has 0 heterocycles. The monoisotopic (exact) mass is 258 g/mol. The molecule has 1 aliphatic rings. The molecule has 4 heteroatoms. The summed E-state index contributed by atoms with van der Waals surface area (Å²) >= 11 is 11.7. The number of halogens is 2. The summed E-state index contributed by atoms with van der Waals surface area (Å²) < 4.78 is 5.18. The van der Waals surface area contributed by atoms with Gasteiger partial charge in [0.2, 0.25) is 0 Å². The van der Waals surface area contributed by atoms with E-state index in [1.807, 2.05) is 6.92 Å². The summed E-state index contributed by atoms with van der Waals surface area (Å²) in [7, 11) is 0. The lowest BCUT2D eigenvalue weighted by Gasteiger charge is -2.06. The van der Waals surface area contributed by atoms with E-state index < -0.39 is 0 Å². The Balaban J connectivity index is 1.92. The fourth-order valence-electron chi connectivity index (χ4n) is 1.55. The molecule has 2 nitrogen and oxygen atoms in total. The Morgan fingerprint density at radius 2 is 2.19 bits per heavy atom. The van der Waals surface area contributed by atoms with Crippen LogP contribution in [0.2, 0.25) is 10.0 Å². The van der Waals surface area contributed by atoms with Crippen LogP contribution in [0.3, 0.4) is 0 Å². The Kier molecular flexibility index (Phi) is 3.41. The lowest BCUT2D eigenvalue weighted by atomic mass is 10.2. The molecule has 0 unspecified atom stereocenters. The van der Waals surface area contributed by atoms with Crippen molar-refractivity contribution in [2.45, 2.75) is 20.0 Å². The molecule has 0 N–H and O–H groups in total. The number of benzene rings is 1. The van der Waals surface area contributed by atoms with E-state index in [9.17, 15) is 4.79 Å². The molecule has 0 radical (unpaired) electrons. The molecule has 0 aromatic heterocycles. The fourth-order valence-corrected chi connectivity index (χ4v) is 2.01. The maximum atomic E-state index is 11.5. The SMILES string of the molecule is C[C@@H]1C[C@H]1C(=O)OCc1ccc(Cl)cc1Cl. The van der Waals surface area contributed by atoms with Crippen LogP contribution in [0.15, 0.2) is 18.2 Å². The fraction of sp³-hybridized carbons (Fsp3) is 0.417. The van der Waals surface area contributed by atoms with E-state index in [0.29, 0.717) is 16.0 Å². The van der Waals surface area contributed by atoms with Crippen molar-refractivity contribution in [1.29, 1.82) is 0 Å². The van der Waals surface area contributed by atoms with Crippen LogP contribution in [0, 0.1) is 11.8 Å². The molecule has 0 saturated heterocycles. The number of hydrogen-bond acceptors (Lipinski definition) is 2. The highest BCUT2D eigenvalue weighted by molar-refractivity contribution is 6.35. The number of esters is 1. The zero-order chi connectivity index (χ0) is 11.7. The standard InChI is InChI=1S/C12H12Cl2O2/c1-7-4-10(7)12(15)16-6-8-2-3-9(13)5-11(8)14/h2-3,5,7,10H,4,6H2,1H3/t7-,10-/m1/s1. The minimum Gasteiger partial charge on any atom is -0.461 e. The summed E-state index contributed by atoms with van der Waals surface area (Å²) in [5.41, 5.74) is 0.785. The third-order valence-corrected chi connectivity index (χ3v) is 3.38. The highest BCUT2D eigenvalue weighted by Gasteiger charge is 2.40. The summed E-state index contributed by atoms with van der Waals surface area (Å²) in [6, 6.07) is 5.15. The van der Waals surface area contributed by atoms with Crippen LogP contribution in [-0.2, 0) is 16.1 Å². The number of carbonyl (C=O) groups excluding carboxylic acids is 1. The van der Waals surface area contributed by atoms with E-state index in [0.717, 1.165) is 12.0 Å². The van der Waals surface area contributed by atoms with Crippen molar-refractivity contribution in [2.24, 2.45) is 11.8 Å². The van der Waals surface area contributed by atoms with Crippen molar-refractivity contribution in [1.82, 2.24) is 0 Å². The van der Waals surface area contributed by atoms with Crippen molar-refractivity contribution in [3.63, 3.8) is 0 Å². The van der Waals surface area contributed by atoms with E-state index in [-0.39, 0.29) is 18.5 Å². The quantitative estimate of drug-likeness (QED) is 0.774. The average Bonchev–Trinajstić information content (AvgIpc) is 2.94. The van der Waals surface area contributed by atoms with Crippen molar-refractivity contribution < 1.29 is 9.53 Å². The molecule has 16 heavy (non-hydrogen) atoms. The Hall–Kier alpha value is -0.730. The Bertz CT molecular complexity index is 417. The summed E-state index contributed by atoms with van der Waals surface area (Å²) in [6.07, 6.45) is 0.938. The van der Waals surface area contributed by atoms with Gasteiger partial charge in [0, 0.05) is 15.6 Å². The van der Waals surface area contributed by atoms with Gasteiger partial charge in [-0.25, -0.2) is 0 Å². The molecule has 1 aliphatic carbocycles. The molecular formula is C12H12Cl2O2. The molecule has 1 aromatic carbocycles. The predicted octanol–water partition coefficient (Wildman–Crippen LogP) is 3.69. The van der Waals surface area contributed by atoms with Gasteiger partial charge in [0.1, 0.15) is 6.61 Å². The van der Waals surface area contributed by atoms with Gasteiger partial charge in [-0.2, -0.15) is 0 Å². The van der Waals surface area contributed by atoms with Crippen molar-refractivity contribution in [3.05, 3.63) is 33.8 Å². The number of ether oxygens (including phenoxy) is 1. The van der Waals surface area contributed by atoms with Gasteiger partial charge in [0.15, 0.2) is 0 Å². The number of hydrogen-bond donors (Lipinski definition) is 0. The Morgan fingerprint density at radius 3 is 2.75 bits per heavy atom. The van der Waals surface area contributed by atoms with Crippen molar-refractivity contribution in [2.75, 3.05) is 0 Å². The minimum absolute atomic E-state index is 0.0890. The highest BCUT2D eigenvalue weighted by atomic mass is 35.5. The van der Waals surface area contributed by atoms with Crippen molar-refractivity contribution >= 4 is 29.2 Å². The first-order valence-electron chi connectivity index (χ1n) is 5.18. The van der Waals surface area contributed by atoms with E-state index >= 15 is 0 Å². The summed E-state index contributed by atoms with van der Waals surface area (Å²) in [5, 5.41) is 1.11. The lowest BCUT2D eigenvalue weighted by molar-refractivity contribution is -0.146. The van der Waals surface area contributed by atoms with Crippen LogP contribution in [0.4, 0.5) is 0 Å². The second-order valence-corrected chi connectivity index (χ2v) is 5.01. The normalized spacial score (nSPS) is 22.9. The Morgan fingerprint density at radius 1 is 1.50 bits per heavy atom. The second kappa shape index (κ2) is 4.64. The van der Waals surface area contributed by atoms with E-state index in [2.05, 4.69) is 0 Å². The molecule has 1 saturated carbocycles. The highest BCUT2D eigenvalue weighted by Crippen LogP contribution is 2.38. The van der Waals surface area contributed by atoms with E-state index in [1.165, 1.54) is 0 Å². The molecule has 0 amide bonds. The van der Waals surface area contributed by atoms with Crippen LogP contribution >= 0.6 is 23.2 Å².